The van der Waals surface area contributed by atoms with E-state index in [0.29, 0.717) is 0 Å². The number of aromatic nitrogens is 1. The van der Waals surface area contributed by atoms with Gasteiger partial charge in [0.1, 0.15) is 11.5 Å². The summed E-state index contributed by atoms with van der Waals surface area (Å²) in [6.07, 6.45) is 0. The smallest absolute Gasteiger partial charge is 0.294 e. The zero-order valence-electron chi connectivity index (χ0n) is 11.5. The van der Waals surface area contributed by atoms with E-state index in [1.165, 1.54) is 0 Å². The SMILES string of the molecule is Nc1c2c(cc(=O)n1-c1cc(Cl)c(Cl)cc1[N+](=O)[O-])C(=O)NC2=O. The standard InChI is InChI=1S/C13H6Cl2N4O5/c14-5-2-7(8(19(23)24)3-6(5)15)18-9(20)1-4-10(11(18)16)13(22)17-12(4)21/h1-3H,16H2,(H,17,21,22). The summed E-state index contributed by atoms with van der Waals surface area (Å²) in [6, 6.07) is 2.92. The van der Waals surface area contributed by atoms with Crippen LogP contribution in [-0.4, -0.2) is 21.3 Å². The van der Waals surface area contributed by atoms with Crippen molar-refractivity contribution in [1.29, 1.82) is 0 Å². The monoisotopic (exact) mass is 368 g/mol. The molecule has 0 fully saturated rings. The molecular formula is C13H6Cl2N4O5. The highest BCUT2D eigenvalue weighted by Gasteiger charge is 2.33. The summed E-state index contributed by atoms with van der Waals surface area (Å²) in [7, 11) is 0. The molecule has 0 radical (unpaired) electrons. The van der Waals surface area contributed by atoms with E-state index in [4.69, 9.17) is 28.9 Å². The van der Waals surface area contributed by atoms with Crippen molar-refractivity contribution in [3.8, 4) is 5.69 Å². The number of benzene rings is 1. The topological polar surface area (TPSA) is 137 Å². The minimum atomic E-state index is -0.836. The number of carbonyl (C=O) groups excluding carboxylic acids is 2. The molecule has 24 heavy (non-hydrogen) atoms. The van der Waals surface area contributed by atoms with Gasteiger partial charge in [0.25, 0.3) is 23.1 Å². The van der Waals surface area contributed by atoms with Crippen molar-refractivity contribution < 1.29 is 14.5 Å². The van der Waals surface area contributed by atoms with E-state index in [1.807, 2.05) is 5.32 Å². The molecule has 0 saturated carbocycles. The lowest BCUT2D eigenvalue weighted by atomic mass is 10.1. The summed E-state index contributed by atoms with van der Waals surface area (Å²) in [5, 5.41) is 13.1. The maximum atomic E-state index is 12.3. The number of amides is 2. The largest absolute Gasteiger partial charge is 0.384 e. The third-order valence-corrected chi connectivity index (χ3v) is 4.13. The van der Waals surface area contributed by atoms with Crippen LogP contribution in [0.3, 0.4) is 0 Å². The van der Waals surface area contributed by atoms with Crippen LogP contribution < -0.4 is 16.6 Å². The van der Waals surface area contributed by atoms with Gasteiger partial charge in [-0.15, -0.1) is 0 Å². The van der Waals surface area contributed by atoms with Crippen LogP contribution in [0.25, 0.3) is 5.69 Å². The number of rotatable bonds is 2. The number of anilines is 1. The third-order valence-electron chi connectivity index (χ3n) is 3.41. The van der Waals surface area contributed by atoms with Gasteiger partial charge in [-0.2, -0.15) is 0 Å². The maximum Gasteiger partial charge on any atom is 0.294 e. The predicted octanol–water partition coefficient (Wildman–Crippen LogP) is 1.52. The fourth-order valence-corrected chi connectivity index (χ4v) is 2.69. The molecule has 0 atom stereocenters. The second kappa shape index (κ2) is 5.32. The van der Waals surface area contributed by atoms with Crippen molar-refractivity contribution in [2.24, 2.45) is 0 Å². The minimum absolute atomic E-state index is 0.0513. The van der Waals surface area contributed by atoms with Gasteiger partial charge in [0.05, 0.1) is 26.1 Å². The highest BCUT2D eigenvalue weighted by atomic mass is 35.5. The normalized spacial score (nSPS) is 12.9. The molecule has 1 aliphatic rings. The fourth-order valence-electron chi connectivity index (χ4n) is 2.38. The Morgan fingerprint density at radius 1 is 1.08 bits per heavy atom. The number of nitro groups is 1. The molecule has 0 aliphatic carbocycles. The van der Waals surface area contributed by atoms with Crippen LogP contribution in [0.2, 0.25) is 10.0 Å². The Morgan fingerprint density at radius 2 is 1.71 bits per heavy atom. The summed E-state index contributed by atoms with van der Waals surface area (Å²) in [5.74, 6) is -1.99. The van der Waals surface area contributed by atoms with Crippen molar-refractivity contribution in [2.45, 2.75) is 0 Å². The van der Waals surface area contributed by atoms with Gasteiger partial charge in [-0.25, -0.2) is 0 Å². The van der Waals surface area contributed by atoms with E-state index in [0.717, 1.165) is 22.8 Å². The first-order valence-corrected chi connectivity index (χ1v) is 7.03. The molecule has 9 nitrogen and oxygen atoms in total. The number of carbonyl (C=O) groups is 2. The number of imide groups is 1. The first-order chi connectivity index (χ1) is 11.2. The Kier molecular flexibility index (Phi) is 3.54. The number of halogens is 2. The van der Waals surface area contributed by atoms with Crippen LogP contribution in [0.4, 0.5) is 11.5 Å². The molecule has 2 amide bonds. The van der Waals surface area contributed by atoms with E-state index < -0.39 is 33.8 Å². The summed E-state index contributed by atoms with van der Waals surface area (Å²) >= 11 is 11.6. The summed E-state index contributed by atoms with van der Waals surface area (Å²) < 4.78 is 0.733. The molecule has 2 aromatic rings. The van der Waals surface area contributed by atoms with Gasteiger partial charge < -0.3 is 5.73 Å². The van der Waals surface area contributed by atoms with Gasteiger partial charge in [0.2, 0.25) is 0 Å². The molecule has 0 saturated heterocycles. The Hall–Kier alpha value is -2.91. The number of nitrogen functional groups attached to an aromatic ring is 1. The van der Waals surface area contributed by atoms with Gasteiger partial charge in [-0.05, 0) is 6.07 Å². The molecule has 1 aliphatic heterocycles. The van der Waals surface area contributed by atoms with Crippen LogP contribution in [0.5, 0.6) is 0 Å². The number of nitrogens with zero attached hydrogens (tertiary/aromatic N) is 2. The zero-order chi connectivity index (χ0) is 17.8. The number of pyridine rings is 1. The first kappa shape index (κ1) is 16.0. The molecular weight excluding hydrogens is 363 g/mol. The lowest BCUT2D eigenvalue weighted by molar-refractivity contribution is -0.384. The second-order valence-electron chi connectivity index (χ2n) is 4.79. The lowest BCUT2D eigenvalue weighted by Gasteiger charge is -2.12. The van der Waals surface area contributed by atoms with Crippen molar-refractivity contribution >= 4 is 46.5 Å². The summed E-state index contributed by atoms with van der Waals surface area (Å²) in [5.41, 5.74) is 3.75. The Balaban J connectivity index is 2.41. The van der Waals surface area contributed by atoms with E-state index in [9.17, 15) is 24.5 Å². The molecule has 1 aromatic carbocycles. The molecule has 2 heterocycles. The van der Waals surface area contributed by atoms with Crippen molar-refractivity contribution in [3.05, 3.63) is 59.8 Å². The molecule has 3 rings (SSSR count). The van der Waals surface area contributed by atoms with Gasteiger partial charge >= 0.3 is 0 Å². The van der Waals surface area contributed by atoms with Crippen molar-refractivity contribution in [2.75, 3.05) is 5.73 Å². The number of nitrogens with one attached hydrogen (secondary N) is 1. The predicted molar refractivity (Wildman–Crippen MR) is 84.9 cm³/mol. The van der Waals surface area contributed by atoms with Crippen LogP contribution in [0, 0.1) is 10.1 Å². The third kappa shape index (κ3) is 2.22. The first-order valence-electron chi connectivity index (χ1n) is 6.27. The van der Waals surface area contributed by atoms with Crippen LogP contribution >= 0.6 is 23.2 Å². The number of hydrogen-bond acceptors (Lipinski definition) is 6. The zero-order valence-corrected chi connectivity index (χ0v) is 13.0. The highest BCUT2D eigenvalue weighted by Crippen LogP contribution is 2.34. The summed E-state index contributed by atoms with van der Waals surface area (Å²) in [4.78, 5) is 46.2. The highest BCUT2D eigenvalue weighted by molar-refractivity contribution is 6.42. The number of fused-ring (bicyclic) bond motifs is 1. The molecule has 3 N–H and O–H groups in total. The molecule has 1 aromatic heterocycles. The van der Waals surface area contributed by atoms with Gasteiger partial charge in [0.15, 0.2) is 0 Å². The molecule has 0 unspecified atom stereocenters. The molecule has 11 heteroatoms. The quantitative estimate of drug-likeness (QED) is 0.468. The van der Waals surface area contributed by atoms with E-state index >= 15 is 0 Å². The summed E-state index contributed by atoms with van der Waals surface area (Å²) in [6.45, 7) is 0. The minimum Gasteiger partial charge on any atom is -0.384 e. The van der Waals surface area contributed by atoms with Gasteiger partial charge in [-0.3, -0.25) is 34.4 Å². The fraction of sp³-hybridized carbons (Fsp3) is 0. The van der Waals surface area contributed by atoms with Crippen LogP contribution in [0.15, 0.2) is 23.0 Å². The van der Waals surface area contributed by atoms with Crippen LogP contribution in [0.1, 0.15) is 20.7 Å². The second-order valence-corrected chi connectivity index (χ2v) is 5.60. The number of nitro benzene ring substituents is 1. The molecule has 122 valence electrons. The molecule has 0 spiro atoms. The van der Waals surface area contributed by atoms with E-state index in [-0.39, 0.29) is 26.9 Å². The average molecular weight is 369 g/mol. The maximum absolute atomic E-state index is 12.3. The van der Waals surface area contributed by atoms with E-state index in [2.05, 4.69) is 0 Å². The number of hydrogen-bond donors (Lipinski definition) is 2. The van der Waals surface area contributed by atoms with Gasteiger partial charge in [-0.1, -0.05) is 23.2 Å². The average Bonchev–Trinajstić information content (AvgIpc) is 2.76. The number of nitrogens with two attached hydrogens (primary N) is 1. The van der Waals surface area contributed by atoms with E-state index in [1.54, 1.807) is 0 Å². The Bertz CT molecular complexity index is 1010. The van der Waals surface area contributed by atoms with Crippen molar-refractivity contribution in [3.63, 3.8) is 0 Å². The lowest BCUT2D eigenvalue weighted by Crippen LogP contribution is -2.24. The van der Waals surface area contributed by atoms with Crippen LogP contribution in [-0.2, 0) is 0 Å². The molecule has 0 bridgehead atoms. The Morgan fingerprint density at radius 3 is 2.33 bits per heavy atom. The van der Waals surface area contributed by atoms with Crippen molar-refractivity contribution in [1.82, 2.24) is 9.88 Å². The van der Waals surface area contributed by atoms with Gasteiger partial charge in [0, 0.05) is 12.1 Å². The Labute approximate surface area is 142 Å².